The SMILES string of the molecule is O=C(c1cccc(Cl)c1)N(CCc1csc2nc(-c3ccc(Cl)cc3)cn12)Cc1ccco1. The average Bonchev–Trinajstić information content (AvgIpc) is 3.55. The van der Waals surface area contributed by atoms with Crippen LogP contribution in [0.2, 0.25) is 10.0 Å². The molecule has 0 bridgehead atoms. The van der Waals surface area contributed by atoms with Crippen molar-refractivity contribution in [1.82, 2.24) is 14.3 Å². The molecular formula is C25H19Cl2N3O2S. The highest BCUT2D eigenvalue weighted by molar-refractivity contribution is 7.15. The number of carbonyl (C=O) groups is 1. The fourth-order valence-corrected chi connectivity index (χ4v) is 4.89. The number of thiazole rings is 1. The largest absolute Gasteiger partial charge is 0.467 e. The van der Waals surface area contributed by atoms with Crippen molar-refractivity contribution in [2.75, 3.05) is 6.54 Å². The molecule has 0 aliphatic rings. The number of rotatable bonds is 7. The summed E-state index contributed by atoms with van der Waals surface area (Å²) in [5.41, 5.74) is 3.54. The monoisotopic (exact) mass is 495 g/mol. The molecule has 0 fully saturated rings. The lowest BCUT2D eigenvalue weighted by Crippen LogP contribution is -2.32. The van der Waals surface area contributed by atoms with E-state index < -0.39 is 0 Å². The van der Waals surface area contributed by atoms with E-state index in [9.17, 15) is 4.79 Å². The van der Waals surface area contributed by atoms with E-state index in [0.717, 1.165) is 27.7 Å². The van der Waals surface area contributed by atoms with Crippen molar-refractivity contribution < 1.29 is 9.21 Å². The number of furan rings is 1. The van der Waals surface area contributed by atoms with E-state index >= 15 is 0 Å². The van der Waals surface area contributed by atoms with Crippen LogP contribution in [-0.2, 0) is 13.0 Å². The third-order valence-corrected chi connectivity index (χ3v) is 6.72. The quantitative estimate of drug-likeness (QED) is 0.248. The molecule has 0 saturated heterocycles. The molecular weight excluding hydrogens is 477 g/mol. The highest BCUT2D eigenvalue weighted by Crippen LogP contribution is 2.25. The number of nitrogens with zero attached hydrogens (tertiary/aromatic N) is 3. The molecule has 0 unspecified atom stereocenters. The van der Waals surface area contributed by atoms with Crippen LogP contribution in [0, 0.1) is 0 Å². The number of halogens is 2. The standard InChI is InChI=1S/C25H19Cl2N3O2S/c26-19-8-6-17(7-9-19)23-15-30-21(16-33-25(30)28-23)10-11-29(14-22-5-2-12-32-22)24(31)18-3-1-4-20(27)13-18/h1-9,12-13,15-16H,10-11,14H2. The molecule has 33 heavy (non-hydrogen) atoms. The van der Waals surface area contributed by atoms with Crippen molar-refractivity contribution in [3.63, 3.8) is 0 Å². The molecule has 0 aliphatic heterocycles. The van der Waals surface area contributed by atoms with Crippen molar-refractivity contribution in [3.05, 3.63) is 106 Å². The molecule has 5 rings (SSSR count). The molecule has 0 aliphatic carbocycles. The topological polar surface area (TPSA) is 50.8 Å². The molecule has 3 aromatic heterocycles. The number of hydrogen-bond acceptors (Lipinski definition) is 4. The number of hydrogen-bond donors (Lipinski definition) is 0. The van der Waals surface area contributed by atoms with Gasteiger partial charge in [0.1, 0.15) is 5.76 Å². The summed E-state index contributed by atoms with van der Waals surface area (Å²) >= 11 is 13.7. The van der Waals surface area contributed by atoms with Crippen LogP contribution < -0.4 is 0 Å². The van der Waals surface area contributed by atoms with Gasteiger partial charge in [-0.25, -0.2) is 4.98 Å². The number of fused-ring (bicyclic) bond motifs is 1. The maximum absolute atomic E-state index is 13.3. The van der Waals surface area contributed by atoms with E-state index in [0.29, 0.717) is 35.1 Å². The number of aromatic nitrogens is 2. The van der Waals surface area contributed by atoms with E-state index in [4.69, 9.17) is 32.6 Å². The van der Waals surface area contributed by atoms with Crippen molar-refractivity contribution in [2.24, 2.45) is 0 Å². The third-order valence-electron chi connectivity index (χ3n) is 5.35. The summed E-state index contributed by atoms with van der Waals surface area (Å²) < 4.78 is 7.59. The summed E-state index contributed by atoms with van der Waals surface area (Å²) in [6.45, 7) is 0.901. The second-order valence-electron chi connectivity index (χ2n) is 7.58. The van der Waals surface area contributed by atoms with Crippen LogP contribution in [0.1, 0.15) is 21.8 Å². The number of amides is 1. The fourth-order valence-electron chi connectivity index (χ4n) is 3.67. The van der Waals surface area contributed by atoms with Gasteiger partial charge in [0.2, 0.25) is 0 Å². The van der Waals surface area contributed by atoms with Gasteiger partial charge in [-0.3, -0.25) is 9.20 Å². The van der Waals surface area contributed by atoms with Gasteiger partial charge in [0.25, 0.3) is 5.91 Å². The van der Waals surface area contributed by atoms with Crippen molar-refractivity contribution >= 4 is 45.4 Å². The highest BCUT2D eigenvalue weighted by Gasteiger charge is 2.19. The minimum atomic E-state index is -0.0899. The van der Waals surface area contributed by atoms with Crippen LogP contribution in [0.15, 0.2) is 82.9 Å². The minimum absolute atomic E-state index is 0.0899. The van der Waals surface area contributed by atoms with Crippen LogP contribution in [0.4, 0.5) is 0 Å². The molecule has 8 heteroatoms. The van der Waals surface area contributed by atoms with Gasteiger partial charge in [-0.15, -0.1) is 11.3 Å². The molecule has 3 heterocycles. The van der Waals surface area contributed by atoms with E-state index in [2.05, 4.69) is 9.78 Å². The second-order valence-corrected chi connectivity index (χ2v) is 9.29. The van der Waals surface area contributed by atoms with Gasteiger partial charge < -0.3 is 9.32 Å². The van der Waals surface area contributed by atoms with Crippen LogP contribution in [-0.4, -0.2) is 26.7 Å². The predicted octanol–water partition coefficient (Wildman–Crippen LogP) is 6.85. The zero-order valence-corrected chi connectivity index (χ0v) is 19.8. The smallest absolute Gasteiger partial charge is 0.254 e. The van der Waals surface area contributed by atoms with Gasteiger partial charge in [0.05, 0.1) is 18.5 Å². The zero-order valence-electron chi connectivity index (χ0n) is 17.4. The van der Waals surface area contributed by atoms with Gasteiger partial charge >= 0.3 is 0 Å². The minimum Gasteiger partial charge on any atom is -0.467 e. The number of imidazole rings is 1. The Bertz CT molecular complexity index is 1390. The molecule has 0 saturated carbocycles. The van der Waals surface area contributed by atoms with E-state index in [-0.39, 0.29) is 5.91 Å². The zero-order chi connectivity index (χ0) is 22.8. The molecule has 0 spiro atoms. The molecule has 0 N–H and O–H groups in total. The lowest BCUT2D eigenvalue weighted by atomic mass is 10.1. The maximum Gasteiger partial charge on any atom is 0.254 e. The first kappa shape index (κ1) is 21.8. The molecule has 2 aromatic carbocycles. The summed E-state index contributed by atoms with van der Waals surface area (Å²) in [5.74, 6) is 0.640. The van der Waals surface area contributed by atoms with E-state index in [1.807, 2.05) is 42.6 Å². The average molecular weight is 496 g/mol. The van der Waals surface area contributed by atoms with Gasteiger partial charge in [-0.05, 0) is 42.5 Å². The molecule has 5 aromatic rings. The fraction of sp³-hybridized carbons (Fsp3) is 0.120. The summed E-state index contributed by atoms with van der Waals surface area (Å²) in [6, 6.07) is 18.3. The van der Waals surface area contributed by atoms with Crippen molar-refractivity contribution in [3.8, 4) is 11.3 Å². The van der Waals surface area contributed by atoms with Crippen LogP contribution in [0.3, 0.4) is 0 Å². The number of carbonyl (C=O) groups excluding carboxylic acids is 1. The maximum atomic E-state index is 13.3. The van der Waals surface area contributed by atoms with Gasteiger partial charge in [0.15, 0.2) is 4.96 Å². The number of benzene rings is 2. The second kappa shape index (κ2) is 9.43. The summed E-state index contributed by atoms with van der Waals surface area (Å²) in [4.78, 5) is 20.7. The molecule has 1 amide bonds. The normalized spacial score (nSPS) is 11.2. The van der Waals surface area contributed by atoms with E-state index in [1.54, 1.807) is 46.8 Å². The molecule has 0 atom stereocenters. The Kier molecular flexibility index (Phi) is 6.22. The summed E-state index contributed by atoms with van der Waals surface area (Å²) in [6.07, 6.45) is 4.31. The summed E-state index contributed by atoms with van der Waals surface area (Å²) in [7, 11) is 0. The Morgan fingerprint density at radius 2 is 1.91 bits per heavy atom. The molecule has 166 valence electrons. The van der Waals surface area contributed by atoms with Crippen LogP contribution in [0.25, 0.3) is 16.2 Å². The Hall–Kier alpha value is -3.06. The van der Waals surface area contributed by atoms with E-state index in [1.165, 1.54) is 0 Å². The van der Waals surface area contributed by atoms with Crippen molar-refractivity contribution in [2.45, 2.75) is 13.0 Å². The predicted molar refractivity (Wildman–Crippen MR) is 132 cm³/mol. The lowest BCUT2D eigenvalue weighted by molar-refractivity contribution is 0.0733. The molecule has 5 nitrogen and oxygen atoms in total. The van der Waals surface area contributed by atoms with Gasteiger partial charge in [-0.2, -0.15) is 0 Å². The Morgan fingerprint density at radius 1 is 1.06 bits per heavy atom. The van der Waals surface area contributed by atoms with Crippen LogP contribution in [0.5, 0.6) is 0 Å². The first-order chi connectivity index (χ1) is 16.1. The summed E-state index contributed by atoms with van der Waals surface area (Å²) in [5, 5.41) is 3.32. The Labute approximate surface area is 204 Å². The van der Waals surface area contributed by atoms with Gasteiger partial charge in [0, 0.05) is 51.4 Å². The van der Waals surface area contributed by atoms with Crippen LogP contribution >= 0.6 is 34.5 Å². The lowest BCUT2D eigenvalue weighted by Gasteiger charge is -2.22. The third kappa shape index (κ3) is 4.83. The Morgan fingerprint density at radius 3 is 2.67 bits per heavy atom. The first-order valence-corrected chi connectivity index (χ1v) is 12.0. The first-order valence-electron chi connectivity index (χ1n) is 10.4. The van der Waals surface area contributed by atoms with Gasteiger partial charge in [-0.1, -0.05) is 41.4 Å². The molecule has 0 radical (unpaired) electrons. The highest BCUT2D eigenvalue weighted by atomic mass is 35.5. The van der Waals surface area contributed by atoms with Crippen molar-refractivity contribution in [1.29, 1.82) is 0 Å². The Balaban J connectivity index is 1.38.